The van der Waals surface area contributed by atoms with Crippen LogP contribution in [0.1, 0.15) is 45.2 Å². The summed E-state index contributed by atoms with van der Waals surface area (Å²) < 4.78 is 12.8. The van der Waals surface area contributed by atoms with E-state index in [1.54, 1.807) is 0 Å². The van der Waals surface area contributed by atoms with E-state index in [4.69, 9.17) is 9.31 Å². The number of aryl methyl sites for hydroxylation is 1. The standard InChI is InChI=1S/C23H27BBrNO3/c1-22(2)23(3,4)29-24(28-22)15-14-18-10-12-19(25)20(16-18)26-21(27)13-11-17-8-6-5-7-9-17/h5-10,12,14-16H,11,13H2,1-4H3,(H,26,27)/b15-14+. The van der Waals surface area contributed by atoms with Crippen LogP contribution in [0.5, 0.6) is 0 Å². The highest BCUT2D eigenvalue weighted by Crippen LogP contribution is 2.37. The second-order valence-corrected chi connectivity index (χ2v) is 9.11. The van der Waals surface area contributed by atoms with Crippen molar-refractivity contribution in [2.45, 2.75) is 51.7 Å². The Kier molecular flexibility index (Phi) is 6.67. The normalized spacial score (nSPS) is 17.6. The summed E-state index contributed by atoms with van der Waals surface area (Å²) in [6.45, 7) is 8.13. The number of benzene rings is 2. The zero-order valence-electron chi connectivity index (χ0n) is 17.4. The van der Waals surface area contributed by atoms with Crippen molar-refractivity contribution in [2.75, 3.05) is 5.32 Å². The predicted octanol–water partition coefficient (Wildman–Crippen LogP) is 5.67. The molecule has 1 N–H and O–H groups in total. The van der Waals surface area contributed by atoms with Crippen LogP contribution in [0.3, 0.4) is 0 Å². The van der Waals surface area contributed by atoms with E-state index in [1.165, 1.54) is 0 Å². The first kappa shape index (κ1) is 21.8. The molecule has 1 amide bonds. The Morgan fingerprint density at radius 1 is 1.07 bits per heavy atom. The lowest BCUT2D eigenvalue weighted by Gasteiger charge is -2.32. The Bertz CT molecular complexity index is 880. The van der Waals surface area contributed by atoms with Gasteiger partial charge in [-0.3, -0.25) is 4.79 Å². The molecule has 0 atom stereocenters. The van der Waals surface area contributed by atoms with Gasteiger partial charge in [0.25, 0.3) is 0 Å². The number of carbonyl (C=O) groups excluding carboxylic acids is 1. The molecular formula is C23H27BBrNO3. The number of hydrogen-bond acceptors (Lipinski definition) is 3. The van der Waals surface area contributed by atoms with E-state index < -0.39 is 7.12 Å². The van der Waals surface area contributed by atoms with Crippen molar-refractivity contribution in [1.82, 2.24) is 0 Å². The fourth-order valence-corrected chi connectivity index (χ4v) is 3.36. The molecule has 0 spiro atoms. The largest absolute Gasteiger partial charge is 0.487 e. The van der Waals surface area contributed by atoms with Gasteiger partial charge in [-0.1, -0.05) is 48.4 Å². The first-order valence-corrected chi connectivity index (χ1v) is 10.6. The van der Waals surface area contributed by atoms with E-state index in [-0.39, 0.29) is 17.1 Å². The molecular weight excluding hydrogens is 429 g/mol. The molecule has 4 nitrogen and oxygen atoms in total. The third-order valence-corrected chi connectivity index (χ3v) is 6.16. The lowest BCUT2D eigenvalue weighted by Crippen LogP contribution is -2.41. The summed E-state index contributed by atoms with van der Waals surface area (Å²) in [6, 6.07) is 15.9. The molecule has 0 aliphatic carbocycles. The number of nitrogens with one attached hydrogen (secondary N) is 1. The number of hydrogen-bond donors (Lipinski definition) is 1. The van der Waals surface area contributed by atoms with Gasteiger partial charge in [0, 0.05) is 10.9 Å². The molecule has 3 rings (SSSR count). The highest BCUT2D eigenvalue weighted by molar-refractivity contribution is 9.10. The van der Waals surface area contributed by atoms with E-state index in [0.29, 0.717) is 12.8 Å². The lowest BCUT2D eigenvalue weighted by atomic mass is 9.89. The Labute approximate surface area is 182 Å². The molecule has 0 aromatic heterocycles. The number of amides is 1. The summed E-state index contributed by atoms with van der Waals surface area (Å²) in [5.41, 5.74) is 2.14. The molecule has 1 fully saturated rings. The molecule has 0 unspecified atom stereocenters. The quantitative estimate of drug-likeness (QED) is 0.571. The molecule has 29 heavy (non-hydrogen) atoms. The van der Waals surface area contributed by atoms with E-state index >= 15 is 0 Å². The highest BCUT2D eigenvalue weighted by atomic mass is 79.9. The van der Waals surface area contributed by atoms with Crippen molar-refractivity contribution >= 4 is 40.7 Å². The summed E-state index contributed by atoms with van der Waals surface area (Å²) in [6.07, 6.45) is 3.10. The SMILES string of the molecule is CC1(C)OB(/C=C/c2ccc(Br)c(NC(=O)CCc3ccccc3)c2)OC1(C)C. The van der Waals surface area contributed by atoms with Crippen LogP contribution in [-0.4, -0.2) is 24.2 Å². The van der Waals surface area contributed by atoms with E-state index in [2.05, 4.69) is 21.2 Å². The van der Waals surface area contributed by atoms with Crippen molar-refractivity contribution in [3.8, 4) is 0 Å². The smallest absolute Gasteiger partial charge is 0.400 e. The zero-order valence-corrected chi connectivity index (χ0v) is 19.0. The van der Waals surface area contributed by atoms with Crippen molar-refractivity contribution < 1.29 is 14.1 Å². The van der Waals surface area contributed by atoms with Gasteiger partial charge in [0.2, 0.25) is 5.91 Å². The summed E-state index contributed by atoms with van der Waals surface area (Å²) in [5.74, 6) is 1.89. The third-order valence-electron chi connectivity index (χ3n) is 5.47. The van der Waals surface area contributed by atoms with Crippen molar-refractivity contribution in [3.63, 3.8) is 0 Å². The first-order chi connectivity index (χ1) is 13.7. The molecule has 152 valence electrons. The van der Waals surface area contributed by atoms with Crippen LogP contribution in [0.15, 0.2) is 59.0 Å². The van der Waals surface area contributed by atoms with E-state index in [9.17, 15) is 4.79 Å². The first-order valence-electron chi connectivity index (χ1n) is 9.83. The van der Waals surface area contributed by atoms with Crippen molar-refractivity contribution in [2.24, 2.45) is 0 Å². The van der Waals surface area contributed by atoms with Gasteiger partial charge in [0.05, 0.1) is 16.9 Å². The Balaban J connectivity index is 1.62. The van der Waals surface area contributed by atoms with Crippen LogP contribution in [0.2, 0.25) is 0 Å². The fraction of sp³-hybridized carbons (Fsp3) is 0.348. The zero-order chi connectivity index (χ0) is 21.1. The minimum Gasteiger partial charge on any atom is -0.400 e. The van der Waals surface area contributed by atoms with Crippen LogP contribution in [0.25, 0.3) is 6.08 Å². The van der Waals surface area contributed by atoms with Gasteiger partial charge in [0.15, 0.2) is 0 Å². The topological polar surface area (TPSA) is 47.6 Å². The summed E-state index contributed by atoms with van der Waals surface area (Å²) in [7, 11) is -0.396. The van der Waals surface area contributed by atoms with E-state index in [1.807, 2.05) is 88.3 Å². The molecule has 1 saturated heterocycles. The van der Waals surface area contributed by atoms with Gasteiger partial charge >= 0.3 is 7.12 Å². The molecule has 1 aliphatic heterocycles. The summed E-state index contributed by atoms with van der Waals surface area (Å²) >= 11 is 3.51. The maximum atomic E-state index is 12.4. The van der Waals surface area contributed by atoms with Crippen LogP contribution in [0.4, 0.5) is 5.69 Å². The predicted molar refractivity (Wildman–Crippen MR) is 123 cm³/mol. The lowest BCUT2D eigenvalue weighted by molar-refractivity contribution is -0.116. The maximum Gasteiger partial charge on any atom is 0.487 e. The molecule has 0 radical (unpaired) electrons. The number of halogens is 1. The van der Waals surface area contributed by atoms with Gasteiger partial charge < -0.3 is 14.6 Å². The van der Waals surface area contributed by atoms with Gasteiger partial charge in [-0.2, -0.15) is 0 Å². The van der Waals surface area contributed by atoms with Crippen LogP contribution in [0, 0.1) is 0 Å². The molecule has 1 aliphatic rings. The van der Waals surface area contributed by atoms with Crippen LogP contribution in [-0.2, 0) is 20.5 Å². The Hall–Kier alpha value is -1.89. The molecule has 1 heterocycles. The molecule has 2 aromatic rings. The van der Waals surface area contributed by atoms with E-state index in [0.717, 1.165) is 21.3 Å². The minimum absolute atomic E-state index is 0.0124. The van der Waals surface area contributed by atoms with Gasteiger partial charge in [-0.05, 0) is 73.3 Å². The molecule has 0 bridgehead atoms. The van der Waals surface area contributed by atoms with Crippen LogP contribution >= 0.6 is 15.9 Å². The summed E-state index contributed by atoms with van der Waals surface area (Å²) in [5, 5.41) is 2.99. The van der Waals surface area contributed by atoms with Crippen molar-refractivity contribution in [1.29, 1.82) is 0 Å². The number of rotatable bonds is 6. The van der Waals surface area contributed by atoms with Gasteiger partial charge in [-0.25, -0.2) is 0 Å². The average molecular weight is 456 g/mol. The Morgan fingerprint density at radius 2 is 1.72 bits per heavy atom. The molecule has 2 aromatic carbocycles. The van der Waals surface area contributed by atoms with Crippen molar-refractivity contribution in [3.05, 3.63) is 70.1 Å². The second-order valence-electron chi connectivity index (χ2n) is 8.26. The van der Waals surface area contributed by atoms with Gasteiger partial charge in [0.1, 0.15) is 0 Å². The summed E-state index contributed by atoms with van der Waals surface area (Å²) in [4.78, 5) is 12.4. The fourth-order valence-electron chi connectivity index (χ4n) is 3.01. The van der Waals surface area contributed by atoms with Gasteiger partial charge in [-0.15, -0.1) is 0 Å². The maximum absolute atomic E-state index is 12.4. The third kappa shape index (κ3) is 5.59. The monoisotopic (exact) mass is 455 g/mol. The molecule has 0 saturated carbocycles. The number of anilines is 1. The Morgan fingerprint density at radius 3 is 2.38 bits per heavy atom. The minimum atomic E-state index is -0.396. The van der Waals surface area contributed by atoms with Crippen LogP contribution < -0.4 is 5.32 Å². The second kappa shape index (κ2) is 8.86. The molecule has 6 heteroatoms. The highest BCUT2D eigenvalue weighted by Gasteiger charge is 2.49. The number of carbonyl (C=O) groups is 1. The average Bonchev–Trinajstić information content (AvgIpc) is 2.88.